The summed E-state index contributed by atoms with van der Waals surface area (Å²) in [6.07, 6.45) is 7.04. The third-order valence-corrected chi connectivity index (χ3v) is 6.97. The first kappa shape index (κ1) is 26.5. The molecule has 0 saturated heterocycles. The van der Waals surface area contributed by atoms with Crippen LogP contribution in [0, 0.1) is 16.6 Å². The van der Waals surface area contributed by atoms with Crippen LogP contribution in [0.2, 0.25) is 0 Å². The number of hydrogen-bond donors (Lipinski definition) is 3. The summed E-state index contributed by atoms with van der Waals surface area (Å²) in [5.74, 6) is 0.331. The van der Waals surface area contributed by atoms with E-state index in [-0.39, 0.29) is 28.3 Å². The van der Waals surface area contributed by atoms with Gasteiger partial charge in [0.15, 0.2) is 11.6 Å². The van der Waals surface area contributed by atoms with Crippen LogP contribution in [-0.2, 0) is 9.59 Å². The van der Waals surface area contributed by atoms with Crippen molar-refractivity contribution < 1.29 is 14.0 Å². The zero-order chi connectivity index (χ0) is 27.9. The maximum absolute atomic E-state index is 13.7. The molecule has 3 N–H and O–H groups in total. The zero-order valence-corrected chi connectivity index (χ0v) is 23.0. The predicted octanol–water partition coefficient (Wildman–Crippen LogP) is 6.85. The lowest BCUT2D eigenvalue weighted by molar-refractivity contribution is -0.118. The first-order valence-electron chi connectivity index (χ1n) is 13.2. The van der Waals surface area contributed by atoms with E-state index in [1.54, 1.807) is 12.3 Å². The number of halogens is 1. The predicted molar refractivity (Wildman–Crippen MR) is 151 cm³/mol. The average Bonchev–Trinajstić information content (AvgIpc) is 3.22. The minimum atomic E-state index is -0.409. The van der Waals surface area contributed by atoms with Gasteiger partial charge in [-0.15, -0.1) is 0 Å². The molecule has 3 heterocycles. The maximum Gasteiger partial charge on any atom is 0.226 e. The lowest BCUT2D eigenvalue weighted by atomic mass is 9.70. The molecule has 0 radical (unpaired) electrons. The summed E-state index contributed by atoms with van der Waals surface area (Å²) < 4.78 is 13.7. The Labute approximate surface area is 228 Å². The lowest BCUT2D eigenvalue weighted by Crippen LogP contribution is -2.33. The number of nitrogens with zero attached hydrogens (tertiary/aromatic N) is 2. The monoisotopic (exact) mass is 527 g/mol. The molecule has 1 atom stereocenters. The summed E-state index contributed by atoms with van der Waals surface area (Å²) in [5.41, 5.74) is 4.23. The standard InChI is InChI=1S/C31H34FN5O2/c1-30(2,3)16-25(39)35-29-27-22(26-23(34-28(27)36-37-29)14-31(4,5)15-24(26)38)12-11-21-10-9-19(17-33-21)18-7-6-8-20(32)13-18/h6-13,17,22H,14-16H2,1-5H3,(H3,34,35,36,37,39)/b12-11+. The Morgan fingerprint density at radius 1 is 1.18 bits per heavy atom. The van der Waals surface area contributed by atoms with Crippen LogP contribution >= 0.6 is 0 Å². The quantitative estimate of drug-likeness (QED) is 0.337. The fraction of sp³-hybridized carbons (Fsp3) is 0.355. The highest BCUT2D eigenvalue weighted by Gasteiger charge is 2.41. The van der Waals surface area contributed by atoms with E-state index in [9.17, 15) is 14.0 Å². The molecule has 2 aromatic heterocycles. The van der Waals surface area contributed by atoms with Crippen molar-refractivity contribution in [1.29, 1.82) is 0 Å². The Morgan fingerprint density at radius 2 is 1.97 bits per heavy atom. The summed E-state index contributed by atoms with van der Waals surface area (Å²) in [6, 6.07) is 10.1. The fourth-order valence-electron chi connectivity index (χ4n) is 5.33. The molecule has 202 valence electrons. The van der Waals surface area contributed by atoms with E-state index in [0.29, 0.717) is 35.7 Å². The third-order valence-electron chi connectivity index (χ3n) is 6.97. The van der Waals surface area contributed by atoms with Gasteiger partial charge < -0.3 is 10.6 Å². The fourth-order valence-corrected chi connectivity index (χ4v) is 5.33. The van der Waals surface area contributed by atoms with Crippen molar-refractivity contribution in [1.82, 2.24) is 15.2 Å². The normalized spacial score (nSPS) is 18.5. The number of nitrogens with one attached hydrogen (secondary N) is 3. The number of pyridine rings is 1. The summed E-state index contributed by atoms with van der Waals surface area (Å²) in [6.45, 7) is 10.2. The highest BCUT2D eigenvalue weighted by molar-refractivity contribution is 6.02. The summed E-state index contributed by atoms with van der Waals surface area (Å²) in [7, 11) is 0. The van der Waals surface area contributed by atoms with Crippen molar-refractivity contribution in [2.75, 3.05) is 10.6 Å². The molecule has 1 aromatic carbocycles. The molecule has 2 aliphatic rings. The van der Waals surface area contributed by atoms with Crippen molar-refractivity contribution in [3.05, 3.63) is 77.0 Å². The Kier molecular flexibility index (Phi) is 6.74. The van der Waals surface area contributed by atoms with Gasteiger partial charge in [-0.05, 0) is 47.1 Å². The van der Waals surface area contributed by atoms with Gasteiger partial charge in [-0.2, -0.15) is 5.10 Å². The molecule has 1 aliphatic heterocycles. The highest BCUT2D eigenvalue weighted by Crippen LogP contribution is 2.48. The van der Waals surface area contributed by atoms with Crippen LogP contribution in [-0.4, -0.2) is 26.9 Å². The molecule has 8 heteroatoms. The van der Waals surface area contributed by atoms with Gasteiger partial charge in [0.1, 0.15) is 11.6 Å². The summed E-state index contributed by atoms with van der Waals surface area (Å²) >= 11 is 0. The number of fused-ring (bicyclic) bond motifs is 1. The smallest absolute Gasteiger partial charge is 0.226 e. The van der Waals surface area contributed by atoms with E-state index in [4.69, 9.17) is 0 Å². The molecular formula is C31H34FN5O2. The molecule has 0 spiro atoms. The molecular weight excluding hydrogens is 493 g/mol. The highest BCUT2D eigenvalue weighted by atomic mass is 19.1. The van der Waals surface area contributed by atoms with E-state index in [2.05, 4.69) is 39.7 Å². The van der Waals surface area contributed by atoms with Crippen LogP contribution in [0.3, 0.4) is 0 Å². The Balaban J connectivity index is 1.49. The van der Waals surface area contributed by atoms with Crippen molar-refractivity contribution >= 4 is 29.4 Å². The maximum atomic E-state index is 13.7. The molecule has 3 aromatic rings. The number of allylic oxidation sites excluding steroid dienone is 3. The minimum Gasteiger partial charge on any atom is -0.343 e. The number of anilines is 2. The molecule has 0 bridgehead atoms. The second-order valence-electron chi connectivity index (χ2n) is 12.4. The molecule has 5 rings (SSSR count). The van der Waals surface area contributed by atoms with E-state index in [1.807, 2.05) is 51.1 Å². The van der Waals surface area contributed by atoms with Crippen LogP contribution < -0.4 is 10.6 Å². The zero-order valence-electron chi connectivity index (χ0n) is 23.0. The molecule has 0 saturated carbocycles. The SMILES string of the molecule is CC(C)(C)CC(=O)Nc1n[nH]c2c1C(/C=C/c1ccc(-c3cccc(F)c3)cn1)C1=C(CC(C)(C)CC1=O)N2. The lowest BCUT2D eigenvalue weighted by Gasteiger charge is -2.37. The first-order chi connectivity index (χ1) is 18.4. The van der Waals surface area contributed by atoms with Crippen LogP contribution in [0.4, 0.5) is 16.0 Å². The van der Waals surface area contributed by atoms with E-state index in [0.717, 1.165) is 28.8 Å². The number of carbonyl (C=O) groups is 2. The van der Waals surface area contributed by atoms with Gasteiger partial charge in [0, 0.05) is 41.8 Å². The molecule has 1 unspecified atom stereocenters. The Bertz CT molecular complexity index is 1490. The number of benzene rings is 1. The van der Waals surface area contributed by atoms with Crippen molar-refractivity contribution in [2.45, 2.75) is 59.8 Å². The van der Waals surface area contributed by atoms with E-state index in [1.165, 1.54) is 12.1 Å². The Hall–Kier alpha value is -4.07. The van der Waals surface area contributed by atoms with Gasteiger partial charge in [0.25, 0.3) is 0 Å². The number of amides is 1. The van der Waals surface area contributed by atoms with Crippen molar-refractivity contribution in [2.24, 2.45) is 10.8 Å². The van der Waals surface area contributed by atoms with Crippen LogP contribution in [0.25, 0.3) is 17.2 Å². The van der Waals surface area contributed by atoms with Gasteiger partial charge in [0.2, 0.25) is 5.91 Å². The van der Waals surface area contributed by atoms with Crippen molar-refractivity contribution in [3.63, 3.8) is 0 Å². The van der Waals surface area contributed by atoms with Crippen LogP contribution in [0.5, 0.6) is 0 Å². The van der Waals surface area contributed by atoms with E-state index < -0.39 is 5.92 Å². The minimum absolute atomic E-state index is 0.0802. The number of aromatic amines is 1. The van der Waals surface area contributed by atoms with Crippen LogP contribution in [0.15, 0.2) is 59.9 Å². The Morgan fingerprint density at radius 3 is 2.67 bits per heavy atom. The number of rotatable bonds is 5. The van der Waals surface area contributed by atoms with Crippen LogP contribution in [0.1, 0.15) is 71.1 Å². The second-order valence-corrected chi connectivity index (χ2v) is 12.4. The van der Waals surface area contributed by atoms with Crippen molar-refractivity contribution in [3.8, 4) is 11.1 Å². The van der Waals surface area contributed by atoms with Gasteiger partial charge in [-0.3, -0.25) is 19.7 Å². The molecule has 39 heavy (non-hydrogen) atoms. The number of Topliss-reactive ketones (excluding diaryl/α,β-unsaturated/α-hetero) is 1. The number of ketones is 1. The van der Waals surface area contributed by atoms with Gasteiger partial charge in [-0.1, -0.05) is 58.9 Å². The summed E-state index contributed by atoms with van der Waals surface area (Å²) in [4.78, 5) is 30.8. The number of carbonyl (C=O) groups excluding carboxylic acids is 2. The number of aromatic nitrogens is 3. The van der Waals surface area contributed by atoms with Gasteiger partial charge >= 0.3 is 0 Å². The first-order valence-corrected chi connectivity index (χ1v) is 13.2. The molecule has 0 fully saturated rings. The average molecular weight is 528 g/mol. The topological polar surface area (TPSA) is 99.8 Å². The molecule has 7 nitrogen and oxygen atoms in total. The number of hydrogen-bond acceptors (Lipinski definition) is 5. The molecule has 1 amide bonds. The van der Waals surface area contributed by atoms with Gasteiger partial charge in [0.05, 0.1) is 11.3 Å². The number of H-pyrrole nitrogens is 1. The largest absolute Gasteiger partial charge is 0.343 e. The molecule has 1 aliphatic carbocycles. The third kappa shape index (κ3) is 5.85. The van der Waals surface area contributed by atoms with Gasteiger partial charge in [-0.25, -0.2) is 4.39 Å². The second kappa shape index (κ2) is 9.91. The summed E-state index contributed by atoms with van der Waals surface area (Å²) in [5, 5.41) is 13.8. The van der Waals surface area contributed by atoms with E-state index >= 15 is 0 Å².